The second-order valence-corrected chi connectivity index (χ2v) is 5.50. The monoisotopic (exact) mass is 320 g/mol. The van der Waals surface area contributed by atoms with Crippen LogP contribution in [0.3, 0.4) is 0 Å². The van der Waals surface area contributed by atoms with E-state index >= 15 is 0 Å². The van der Waals surface area contributed by atoms with Crippen LogP contribution >= 0.6 is 0 Å². The van der Waals surface area contributed by atoms with Gasteiger partial charge >= 0.3 is 6.18 Å². The maximum atomic E-state index is 12.1. The zero-order valence-electron chi connectivity index (χ0n) is 12.5. The molecule has 1 aliphatic heterocycles. The number of alkyl halides is 3. The van der Waals surface area contributed by atoms with Gasteiger partial charge in [0.25, 0.3) is 0 Å². The van der Waals surface area contributed by atoms with Gasteiger partial charge in [-0.05, 0) is 39.8 Å². The van der Waals surface area contributed by atoms with E-state index in [1.807, 2.05) is 12.2 Å². The van der Waals surface area contributed by atoms with Crippen molar-refractivity contribution in [2.24, 2.45) is 5.92 Å². The molecule has 0 aliphatic carbocycles. The van der Waals surface area contributed by atoms with E-state index in [9.17, 15) is 18.0 Å². The summed E-state index contributed by atoms with van der Waals surface area (Å²) in [6, 6.07) is -0.0691. The highest BCUT2D eigenvalue weighted by Gasteiger charge is 2.32. The number of halogens is 3. The van der Waals surface area contributed by atoms with Gasteiger partial charge in [0.2, 0.25) is 11.8 Å². The summed E-state index contributed by atoms with van der Waals surface area (Å²) < 4.78 is 41.4. The normalized spacial score (nSPS) is 19.1. The molecule has 124 valence electrons. The van der Waals surface area contributed by atoms with Gasteiger partial charge in [-0.2, -0.15) is 18.2 Å². The van der Waals surface area contributed by atoms with E-state index in [1.54, 1.807) is 6.92 Å². The minimum atomic E-state index is -4.37. The smallest absolute Gasteiger partial charge is 0.347 e. The second-order valence-electron chi connectivity index (χ2n) is 5.50. The first kappa shape index (κ1) is 16.7. The van der Waals surface area contributed by atoms with Crippen molar-refractivity contribution in [1.82, 2.24) is 20.4 Å². The Bertz CT molecular complexity index is 510. The Morgan fingerprint density at radius 2 is 2.09 bits per heavy atom. The highest BCUT2D eigenvalue weighted by molar-refractivity contribution is 5.78. The van der Waals surface area contributed by atoms with Crippen molar-refractivity contribution < 1.29 is 22.5 Å². The molecule has 1 aromatic heterocycles. The largest absolute Gasteiger partial charge is 0.405 e. The molecule has 1 saturated heterocycles. The number of hydrogen-bond acceptors (Lipinski definition) is 5. The Balaban J connectivity index is 1.81. The minimum absolute atomic E-state index is 0.0691. The van der Waals surface area contributed by atoms with Gasteiger partial charge in [-0.3, -0.25) is 9.69 Å². The first-order valence-corrected chi connectivity index (χ1v) is 7.15. The van der Waals surface area contributed by atoms with Gasteiger partial charge in [0.15, 0.2) is 5.82 Å². The standard InChI is InChI=1S/C13H19F3N4O2/c1-8(12-18-9(2)19-22-12)20-5-3-10(4-6-20)11(21)17-7-13(14,15)16/h8,10H,3-7H2,1-2H3,(H,17,21)/t8-/m0/s1. The van der Waals surface area contributed by atoms with Crippen LogP contribution in [0.2, 0.25) is 0 Å². The van der Waals surface area contributed by atoms with Gasteiger partial charge < -0.3 is 9.84 Å². The number of carbonyl (C=O) groups is 1. The van der Waals surface area contributed by atoms with Gasteiger partial charge in [-0.15, -0.1) is 0 Å². The molecule has 2 rings (SSSR count). The van der Waals surface area contributed by atoms with Crippen molar-refractivity contribution >= 4 is 5.91 Å². The molecular weight excluding hydrogens is 301 g/mol. The molecule has 6 nitrogen and oxygen atoms in total. The first-order valence-electron chi connectivity index (χ1n) is 7.15. The zero-order chi connectivity index (χ0) is 16.3. The molecule has 0 saturated carbocycles. The van der Waals surface area contributed by atoms with Gasteiger partial charge in [-0.1, -0.05) is 5.16 Å². The van der Waals surface area contributed by atoms with Crippen molar-refractivity contribution in [3.05, 3.63) is 11.7 Å². The third-order valence-electron chi connectivity index (χ3n) is 3.81. The topological polar surface area (TPSA) is 71.3 Å². The lowest BCUT2D eigenvalue weighted by Crippen LogP contribution is -2.43. The molecule has 0 radical (unpaired) electrons. The van der Waals surface area contributed by atoms with Crippen LogP contribution in [0, 0.1) is 12.8 Å². The van der Waals surface area contributed by atoms with E-state index in [1.165, 1.54) is 0 Å². The SMILES string of the molecule is Cc1noc([C@H](C)N2CCC(C(=O)NCC(F)(F)F)CC2)n1. The molecule has 1 atom stereocenters. The summed E-state index contributed by atoms with van der Waals surface area (Å²) in [5.74, 6) is 0.161. The molecule has 0 bridgehead atoms. The van der Waals surface area contributed by atoms with Crippen LogP contribution in [-0.2, 0) is 4.79 Å². The quantitative estimate of drug-likeness (QED) is 0.916. The summed E-state index contributed by atoms with van der Waals surface area (Å²) in [7, 11) is 0. The average molecular weight is 320 g/mol. The molecular formula is C13H19F3N4O2. The maximum Gasteiger partial charge on any atom is 0.405 e. The third kappa shape index (κ3) is 4.43. The lowest BCUT2D eigenvalue weighted by molar-refractivity contribution is -0.141. The molecule has 1 aliphatic rings. The number of hydrogen-bond donors (Lipinski definition) is 1. The van der Waals surface area contributed by atoms with Gasteiger partial charge in [-0.25, -0.2) is 0 Å². The summed E-state index contributed by atoms with van der Waals surface area (Å²) in [4.78, 5) is 18.0. The van der Waals surface area contributed by atoms with Crippen molar-refractivity contribution in [3.8, 4) is 0 Å². The first-order chi connectivity index (χ1) is 10.3. The number of likely N-dealkylation sites (tertiary alicyclic amines) is 1. The fourth-order valence-corrected chi connectivity index (χ4v) is 2.52. The fourth-order valence-electron chi connectivity index (χ4n) is 2.52. The van der Waals surface area contributed by atoms with Crippen molar-refractivity contribution in [2.45, 2.75) is 38.9 Å². The predicted octanol–water partition coefficient (Wildman–Crippen LogP) is 1.83. The van der Waals surface area contributed by atoms with Crippen LogP contribution in [0.4, 0.5) is 13.2 Å². The number of carbonyl (C=O) groups excluding carboxylic acids is 1. The van der Waals surface area contributed by atoms with E-state index in [0.717, 1.165) is 0 Å². The van der Waals surface area contributed by atoms with Crippen LogP contribution in [0.25, 0.3) is 0 Å². The van der Waals surface area contributed by atoms with Crippen LogP contribution in [0.15, 0.2) is 4.52 Å². The molecule has 1 fully saturated rings. The Hall–Kier alpha value is -1.64. The van der Waals surface area contributed by atoms with Crippen LogP contribution in [0.1, 0.15) is 37.5 Å². The highest BCUT2D eigenvalue weighted by Crippen LogP contribution is 2.26. The van der Waals surface area contributed by atoms with Crippen LogP contribution in [-0.4, -0.2) is 46.8 Å². The van der Waals surface area contributed by atoms with E-state index in [0.29, 0.717) is 37.6 Å². The summed E-state index contributed by atoms with van der Waals surface area (Å²) >= 11 is 0. The summed E-state index contributed by atoms with van der Waals surface area (Å²) in [5, 5.41) is 5.69. The number of nitrogens with one attached hydrogen (secondary N) is 1. The Kier molecular flexibility index (Phi) is 5.05. The second kappa shape index (κ2) is 6.64. The summed E-state index contributed by atoms with van der Waals surface area (Å²) in [6.45, 7) is 3.59. The Morgan fingerprint density at radius 3 is 2.59 bits per heavy atom. The number of piperidine rings is 1. The molecule has 22 heavy (non-hydrogen) atoms. The third-order valence-corrected chi connectivity index (χ3v) is 3.81. The van der Waals surface area contributed by atoms with Crippen molar-refractivity contribution in [1.29, 1.82) is 0 Å². The number of nitrogens with zero attached hydrogens (tertiary/aromatic N) is 3. The summed E-state index contributed by atoms with van der Waals surface area (Å²) in [6.07, 6.45) is -3.34. The minimum Gasteiger partial charge on any atom is -0.347 e. The molecule has 1 amide bonds. The number of aryl methyl sites for hydroxylation is 1. The van der Waals surface area contributed by atoms with Crippen LogP contribution < -0.4 is 5.32 Å². The van der Waals surface area contributed by atoms with Crippen molar-refractivity contribution in [2.75, 3.05) is 19.6 Å². The average Bonchev–Trinajstić information content (AvgIpc) is 2.90. The molecule has 2 heterocycles. The number of aromatic nitrogens is 2. The summed E-state index contributed by atoms with van der Waals surface area (Å²) in [5.41, 5.74) is 0. The molecule has 1 aromatic rings. The Morgan fingerprint density at radius 1 is 1.45 bits per heavy atom. The molecule has 0 unspecified atom stereocenters. The molecule has 9 heteroatoms. The van der Waals surface area contributed by atoms with Gasteiger partial charge in [0.05, 0.1) is 6.04 Å². The van der Waals surface area contributed by atoms with Crippen molar-refractivity contribution in [3.63, 3.8) is 0 Å². The van der Waals surface area contributed by atoms with E-state index < -0.39 is 18.6 Å². The lowest BCUT2D eigenvalue weighted by Gasteiger charge is -2.33. The van der Waals surface area contributed by atoms with E-state index in [2.05, 4.69) is 15.0 Å². The number of amides is 1. The number of rotatable bonds is 4. The molecule has 1 N–H and O–H groups in total. The van der Waals surface area contributed by atoms with E-state index in [4.69, 9.17) is 4.52 Å². The fraction of sp³-hybridized carbons (Fsp3) is 0.769. The molecule has 0 aromatic carbocycles. The van der Waals surface area contributed by atoms with E-state index in [-0.39, 0.29) is 12.0 Å². The lowest BCUT2D eigenvalue weighted by atomic mass is 9.95. The zero-order valence-corrected chi connectivity index (χ0v) is 12.5. The van der Waals surface area contributed by atoms with Gasteiger partial charge in [0.1, 0.15) is 6.54 Å². The maximum absolute atomic E-state index is 12.1. The van der Waals surface area contributed by atoms with Crippen LogP contribution in [0.5, 0.6) is 0 Å². The van der Waals surface area contributed by atoms with Gasteiger partial charge in [0, 0.05) is 5.92 Å². The highest BCUT2D eigenvalue weighted by atomic mass is 19.4. The molecule has 0 spiro atoms. The predicted molar refractivity (Wildman–Crippen MR) is 70.8 cm³/mol. The Labute approximate surface area is 126 Å².